The molecule has 1 atom stereocenters. The average Bonchev–Trinajstić information content (AvgIpc) is 2.41. The summed E-state index contributed by atoms with van der Waals surface area (Å²) in [4.78, 5) is 0. The van der Waals surface area contributed by atoms with E-state index in [2.05, 4.69) is 31.3 Å². The van der Waals surface area contributed by atoms with Gasteiger partial charge >= 0.3 is 0 Å². The molecule has 0 fully saturated rings. The second-order valence-electron chi connectivity index (χ2n) is 4.96. The summed E-state index contributed by atoms with van der Waals surface area (Å²) >= 11 is 0. The third-order valence-electron chi connectivity index (χ3n) is 3.34. The molecule has 2 rings (SSSR count). The van der Waals surface area contributed by atoms with Gasteiger partial charge in [0, 0.05) is 12.2 Å². The molecular weight excluding hydrogens is 234 g/mol. The predicted molar refractivity (Wildman–Crippen MR) is 80.4 cm³/mol. The van der Waals surface area contributed by atoms with E-state index in [1.165, 1.54) is 11.1 Å². The molecule has 0 saturated carbocycles. The summed E-state index contributed by atoms with van der Waals surface area (Å²) in [5, 5.41) is 13.5. The highest BCUT2D eigenvalue weighted by molar-refractivity contribution is 5.50. The number of anilines is 1. The lowest BCUT2D eigenvalue weighted by Gasteiger charge is -2.13. The number of aliphatic hydroxyl groups is 1. The molecule has 2 heteroatoms. The molecule has 0 amide bonds. The van der Waals surface area contributed by atoms with Crippen molar-refractivity contribution in [2.45, 2.75) is 26.4 Å². The molecular formula is C17H21NO. The highest BCUT2D eigenvalue weighted by Crippen LogP contribution is 2.18. The molecule has 2 aromatic rings. The first-order valence-electron chi connectivity index (χ1n) is 6.71. The molecule has 100 valence electrons. The fraction of sp³-hybridized carbons (Fsp3) is 0.294. The van der Waals surface area contributed by atoms with Gasteiger partial charge in [-0.3, -0.25) is 0 Å². The summed E-state index contributed by atoms with van der Waals surface area (Å²) in [6, 6.07) is 16.3. The van der Waals surface area contributed by atoms with E-state index in [-0.39, 0.29) is 0 Å². The van der Waals surface area contributed by atoms with E-state index < -0.39 is 6.10 Å². The van der Waals surface area contributed by atoms with Crippen LogP contribution in [0.3, 0.4) is 0 Å². The van der Waals surface area contributed by atoms with Gasteiger partial charge in [0.15, 0.2) is 0 Å². The van der Waals surface area contributed by atoms with Crippen molar-refractivity contribution in [1.29, 1.82) is 0 Å². The molecule has 0 aliphatic rings. The topological polar surface area (TPSA) is 32.3 Å². The summed E-state index contributed by atoms with van der Waals surface area (Å²) in [7, 11) is 0. The van der Waals surface area contributed by atoms with Crippen LogP contribution >= 0.6 is 0 Å². The van der Waals surface area contributed by atoms with E-state index in [1.807, 2.05) is 36.4 Å². The maximum atomic E-state index is 10.1. The van der Waals surface area contributed by atoms with Gasteiger partial charge in [0.25, 0.3) is 0 Å². The number of para-hydroxylation sites is 1. The van der Waals surface area contributed by atoms with E-state index in [4.69, 9.17) is 0 Å². The second-order valence-corrected chi connectivity index (χ2v) is 4.96. The Labute approximate surface area is 115 Å². The summed E-state index contributed by atoms with van der Waals surface area (Å²) < 4.78 is 0. The molecule has 2 nitrogen and oxygen atoms in total. The summed E-state index contributed by atoms with van der Waals surface area (Å²) in [6.07, 6.45) is 0.300. The van der Waals surface area contributed by atoms with Crippen molar-refractivity contribution in [2.75, 3.05) is 11.9 Å². The molecule has 0 bridgehead atoms. The Morgan fingerprint density at radius 1 is 1.00 bits per heavy atom. The first-order chi connectivity index (χ1) is 9.16. The van der Waals surface area contributed by atoms with Crippen LogP contribution in [0.4, 0.5) is 5.69 Å². The van der Waals surface area contributed by atoms with Crippen LogP contribution in [-0.2, 0) is 0 Å². The minimum Gasteiger partial charge on any atom is -0.388 e. The average molecular weight is 255 g/mol. The van der Waals surface area contributed by atoms with Crippen molar-refractivity contribution in [1.82, 2.24) is 0 Å². The molecule has 0 aromatic heterocycles. The quantitative estimate of drug-likeness (QED) is 0.850. The minimum atomic E-state index is -0.405. The van der Waals surface area contributed by atoms with Gasteiger partial charge in [-0.05, 0) is 37.5 Å². The van der Waals surface area contributed by atoms with Gasteiger partial charge in [-0.15, -0.1) is 0 Å². The Kier molecular flexibility index (Phi) is 4.58. The third kappa shape index (κ3) is 3.83. The molecule has 0 saturated heterocycles. The normalized spacial score (nSPS) is 12.2. The lowest BCUT2D eigenvalue weighted by Crippen LogP contribution is -2.08. The maximum Gasteiger partial charge on any atom is 0.0806 e. The number of benzene rings is 2. The zero-order valence-corrected chi connectivity index (χ0v) is 11.6. The van der Waals surface area contributed by atoms with Gasteiger partial charge < -0.3 is 10.4 Å². The summed E-state index contributed by atoms with van der Waals surface area (Å²) in [5.74, 6) is 0. The Bertz CT molecular complexity index is 519. The van der Waals surface area contributed by atoms with E-state index in [0.717, 1.165) is 17.8 Å². The van der Waals surface area contributed by atoms with Gasteiger partial charge in [0.2, 0.25) is 0 Å². The Hall–Kier alpha value is -1.80. The number of hydrogen-bond donors (Lipinski definition) is 2. The molecule has 1 unspecified atom stereocenters. The molecule has 0 spiro atoms. The number of aliphatic hydroxyl groups excluding tert-OH is 1. The minimum absolute atomic E-state index is 0.405. The predicted octanol–water partition coefficient (Wildman–Crippen LogP) is 3.84. The van der Waals surface area contributed by atoms with Crippen molar-refractivity contribution in [2.24, 2.45) is 0 Å². The Morgan fingerprint density at radius 3 is 2.37 bits per heavy atom. The second kappa shape index (κ2) is 6.39. The van der Waals surface area contributed by atoms with Crippen molar-refractivity contribution in [3.63, 3.8) is 0 Å². The van der Waals surface area contributed by atoms with Crippen LogP contribution < -0.4 is 5.32 Å². The van der Waals surface area contributed by atoms with Crippen molar-refractivity contribution >= 4 is 5.69 Å². The molecule has 0 heterocycles. The lowest BCUT2D eigenvalue weighted by molar-refractivity contribution is 0.171. The first kappa shape index (κ1) is 13.6. The standard InChI is InChI=1S/C17H21NO/c1-13-7-9-15(10-8-13)17(19)11-12-18-16-6-4-3-5-14(16)2/h3-10,17-19H,11-12H2,1-2H3. The van der Waals surface area contributed by atoms with Gasteiger partial charge in [-0.25, -0.2) is 0 Å². The van der Waals surface area contributed by atoms with E-state index >= 15 is 0 Å². The number of hydrogen-bond acceptors (Lipinski definition) is 2. The molecule has 0 aliphatic carbocycles. The zero-order chi connectivity index (χ0) is 13.7. The largest absolute Gasteiger partial charge is 0.388 e. The number of nitrogens with one attached hydrogen (secondary N) is 1. The summed E-state index contributed by atoms with van der Waals surface area (Å²) in [6.45, 7) is 4.90. The highest BCUT2D eigenvalue weighted by Gasteiger charge is 2.06. The van der Waals surface area contributed by atoms with Crippen molar-refractivity contribution in [3.05, 3.63) is 65.2 Å². The van der Waals surface area contributed by atoms with Gasteiger partial charge in [-0.1, -0.05) is 48.0 Å². The SMILES string of the molecule is Cc1ccc(C(O)CCNc2ccccc2C)cc1. The lowest BCUT2D eigenvalue weighted by atomic mass is 10.0. The Balaban J connectivity index is 1.86. The van der Waals surface area contributed by atoms with E-state index in [0.29, 0.717) is 6.42 Å². The highest BCUT2D eigenvalue weighted by atomic mass is 16.3. The van der Waals surface area contributed by atoms with Crippen LogP contribution in [0.2, 0.25) is 0 Å². The fourth-order valence-corrected chi connectivity index (χ4v) is 2.07. The van der Waals surface area contributed by atoms with Crippen molar-refractivity contribution in [3.8, 4) is 0 Å². The molecule has 19 heavy (non-hydrogen) atoms. The Morgan fingerprint density at radius 2 is 1.68 bits per heavy atom. The monoisotopic (exact) mass is 255 g/mol. The van der Waals surface area contributed by atoms with Crippen LogP contribution in [0.5, 0.6) is 0 Å². The first-order valence-corrected chi connectivity index (χ1v) is 6.71. The zero-order valence-electron chi connectivity index (χ0n) is 11.6. The van der Waals surface area contributed by atoms with E-state index in [9.17, 15) is 5.11 Å². The summed E-state index contributed by atoms with van der Waals surface area (Å²) in [5.41, 5.74) is 4.57. The third-order valence-corrected chi connectivity index (χ3v) is 3.34. The van der Waals surface area contributed by atoms with Crippen LogP contribution in [0, 0.1) is 13.8 Å². The van der Waals surface area contributed by atoms with Gasteiger partial charge in [0.05, 0.1) is 6.10 Å². The molecule has 0 aliphatic heterocycles. The van der Waals surface area contributed by atoms with Gasteiger partial charge in [0.1, 0.15) is 0 Å². The molecule has 2 N–H and O–H groups in total. The maximum absolute atomic E-state index is 10.1. The van der Waals surface area contributed by atoms with Crippen LogP contribution in [0.25, 0.3) is 0 Å². The van der Waals surface area contributed by atoms with Crippen LogP contribution in [-0.4, -0.2) is 11.7 Å². The van der Waals surface area contributed by atoms with E-state index in [1.54, 1.807) is 0 Å². The fourth-order valence-electron chi connectivity index (χ4n) is 2.07. The smallest absolute Gasteiger partial charge is 0.0806 e. The molecule has 0 radical (unpaired) electrons. The van der Waals surface area contributed by atoms with Crippen molar-refractivity contribution < 1.29 is 5.11 Å². The number of rotatable bonds is 5. The van der Waals surface area contributed by atoms with Gasteiger partial charge in [-0.2, -0.15) is 0 Å². The van der Waals surface area contributed by atoms with Crippen LogP contribution in [0.1, 0.15) is 29.2 Å². The number of aryl methyl sites for hydroxylation is 2. The molecule has 2 aromatic carbocycles. The van der Waals surface area contributed by atoms with Crippen LogP contribution in [0.15, 0.2) is 48.5 Å².